The number of rotatable bonds is 11. The van der Waals surface area contributed by atoms with Crippen molar-refractivity contribution in [3.8, 4) is 11.5 Å². The largest absolute Gasteiger partial charge is 0.507 e. The van der Waals surface area contributed by atoms with Gasteiger partial charge in [-0.1, -0.05) is 74.2 Å². The zero-order valence-electron chi connectivity index (χ0n) is 24.5. The molecule has 7 nitrogen and oxygen atoms in total. The van der Waals surface area contributed by atoms with Crippen molar-refractivity contribution >= 4 is 17.9 Å². The van der Waals surface area contributed by atoms with Crippen molar-refractivity contribution in [3.05, 3.63) is 76.9 Å². The molecule has 1 aliphatic heterocycles. The Morgan fingerprint density at radius 2 is 1.74 bits per heavy atom. The number of hydrogen-bond acceptors (Lipinski definition) is 6. The first-order valence-electron chi connectivity index (χ1n) is 15.5. The van der Waals surface area contributed by atoms with E-state index < -0.39 is 23.9 Å². The van der Waals surface area contributed by atoms with Crippen LogP contribution in [0.5, 0.6) is 11.5 Å². The number of amides is 2. The van der Waals surface area contributed by atoms with Gasteiger partial charge in [-0.15, -0.1) is 0 Å². The SMILES string of the molecule is CC/C(=C\c1ccccc1O)CC[C@@H](O)C1=C(COc2ccccc2)C[C@H]2C(=O)N(C3CCCCC3)C(=O)[C@H]2[C@H]1CO. The maximum atomic E-state index is 13.8. The van der Waals surface area contributed by atoms with Gasteiger partial charge in [0, 0.05) is 17.5 Å². The maximum absolute atomic E-state index is 13.8. The number of aliphatic hydroxyl groups is 2. The maximum Gasteiger partial charge on any atom is 0.234 e. The standard InChI is InChI=1S/C35H43NO6/c1-2-23(19-24-11-9-10-16-30(24)38)17-18-31(39)32-25(22-42-27-14-7-4-8-15-27)20-28-33(29(32)21-37)35(41)36(34(28)40)26-12-5-3-6-13-26/h4,7-11,14-16,19,26,28-29,31,33,37-39H,2-3,5-6,12-13,17-18,20-22H2,1H3/b23-19+/t28-,29+,31-,33-/m1/s1. The second-order valence-electron chi connectivity index (χ2n) is 11.9. The number of carbonyl (C=O) groups is 2. The third-order valence-corrected chi connectivity index (χ3v) is 9.36. The Morgan fingerprint density at radius 1 is 1.02 bits per heavy atom. The molecule has 0 bridgehead atoms. The van der Waals surface area contributed by atoms with Gasteiger partial charge in [-0.3, -0.25) is 14.5 Å². The van der Waals surface area contributed by atoms with Crippen LogP contribution < -0.4 is 4.74 Å². The molecule has 7 heteroatoms. The van der Waals surface area contributed by atoms with Gasteiger partial charge in [0.2, 0.25) is 11.8 Å². The van der Waals surface area contributed by atoms with Gasteiger partial charge >= 0.3 is 0 Å². The first-order chi connectivity index (χ1) is 20.4. The van der Waals surface area contributed by atoms with Gasteiger partial charge in [-0.25, -0.2) is 0 Å². The van der Waals surface area contributed by atoms with Gasteiger partial charge in [0.25, 0.3) is 0 Å². The molecule has 4 atom stereocenters. The minimum absolute atomic E-state index is 0.0762. The van der Waals surface area contributed by atoms with Gasteiger partial charge < -0.3 is 20.1 Å². The molecule has 2 aliphatic carbocycles. The van der Waals surface area contributed by atoms with E-state index in [-0.39, 0.29) is 36.8 Å². The summed E-state index contributed by atoms with van der Waals surface area (Å²) in [5, 5.41) is 32.6. The highest BCUT2D eigenvalue weighted by molar-refractivity contribution is 6.06. The molecule has 2 aromatic rings. The smallest absolute Gasteiger partial charge is 0.234 e. The molecule has 0 unspecified atom stereocenters. The van der Waals surface area contributed by atoms with E-state index in [1.54, 1.807) is 12.1 Å². The molecule has 0 aromatic heterocycles. The number of nitrogens with zero attached hydrogens (tertiary/aromatic N) is 1. The zero-order valence-corrected chi connectivity index (χ0v) is 24.5. The summed E-state index contributed by atoms with van der Waals surface area (Å²) in [5.74, 6) is -1.32. The van der Waals surface area contributed by atoms with Crippen molar-refractivity contribution in [2.45, 2.75) is 76.9 Å². The molecule has 5 rings (SSSR count). The summed E-state index contributed by atoms with van der Waals surface area (Å²) in [7, 11) is 0. The number of aliphatic hydroxyl groups excluding tert-OH is 2. The minimum Gasteiger partial charge on any atom is -0.507 e. The lowest BCUT2D eigenvalue weighted by Gasteiger charge is -2.36. The number of ether oxygens (including phenoxy) is 1. The lowest BCUT2D eigenvalue weighted by atomic mass is 9.68. The van der Waals surface area contributed by atoms with Gasteiger partial charge in [-0.2, -0.15) is 0 Å². The summed E-state index contributed by atoms with van der Waals surface area (Å²) in [4.78, 5) is 29.1. The van der Waals surface area contributed by atoms with Crippen molar-refractivity contribution < 1.29 is 29.6 Å². The van der Waals surface area contributed by atoms with Crippen LogP contribution in [-0.4, -0.2) is 57.4 Å². The Labute approximate surface area is 248 Å². The van der Waals surface area contributed by atoms with Crippen LogP contribution in [0.15, 0.2) is 71.3 Å². The van der Waals surface area contributed by atoms with Crippen LogP contribution in [0, 0.1) is 17.8 Å². The Balaban J connectivity index is 1.42. The highest BCUT2D eigenvalue weighted by atomic mass is 16.5. The van der Waals surface area contributed by atoms with Crippen molar-refractivity contribution in [2.75, 3.05) is 13.2 Å². The van der Waals surface area contributed by atoms with E-state index in [9.17, 15) is 24.9 Å². The van der Waals surface area contributed by atoms with E-state index in [0.717, 1.165) is 55.2 Å². The summed E-state index contributed by atoms with van der Waals surface area (Å²) >= 11 is 0. The number of aromatic hydroxyl groups is 1. The molecule has 3 N–H and O–H groups in total. The number of carbonyl (C=O) groups excluding carboxylic acids is 2. The van der Waals surface area contributed by atoms with E-state index in [2.05, 4.69) is 0 Å². The molecule has 1 saturated carbocycles. The number of para-hydroxylation sites is 2. The van der Waals surface area contributed by atoms with Gasteiger partial charge in [0.05, 0.1) is 24.5 Å². The van der Waals surface area contributed by atoms with Crippen LogP contribution in [-0.2, 0) is 9.59 Å². The van der Waals surface area contributed by atoms with Gasteiger partial charge in [-0.05, 0) is 67.9 Å². The van der Waals surface area contributed by atoms with Gasteiger partial charge in [0.15, 0.2) is 0 Å². The molecule has 2 aromatic carbocycles. The Bertz CT molecular complexity index is 1310. The predicted molar refractivity (Wildman–Crippen MR) is 161 cm³/mol. The van der Waals surface area contributed by atoms with Crippen LogP contribution in [0.3, 0.4) is 0 Å². The second kappa shape index (κ2) is 13.7. The van der Waals surface area contributed by atoms with E-state index in [0.29, 0.717) is 30.6 Å². The van der Waals surface area contributed by atoms with Crippen LogP contribution in [0.25, 0.3) is 6.08 Å². The molecule has 0 radical (unpaired) electrons. The van der Waals surface area contributed by atoms with Crippen molar-refractivity contribution in [3.63, 3.8) is 0 Å². The Hall–Kier alpha value is -3.42. The summed E-state index contributed by atoms with van der Waals surface area (Å²) in [6.45, 7) is 1.89. The summed E-state index contributed by atoms with van der Waals surface area (Å²) < 4.78 is 6.11. The van der Waals surface area contributed by atoms with Crippen LogP contribution in [0.2, 0.25) is 0 Å². The molecule has 224 valence electrons. The quantitative estimate of drug-likeness (QED) is 0.237. The topological polar surface area (TPSA) is 107 Å². The predicted octanol–water partition coefficient (Wildman–Crippen LogP) is 5.65. The first kappa shape index (κ1) is 30.1. The number of phenols is 1. The van der Waals surface area contributed by atoms with Crippen LogP contribution in [0.1, 0.15) is 70.3 Å². The van der Waals surface area contributed by atoms with Crippen LogP contribution >= 0.6 is 0 Å². The van der Waals surface area contributed by atoms with E-state index in [1.807, 2.05) is 55.5 Å². The minimum atomic E-state index is -0.913. The molecule has 3 aliphatic rings. The Kier molecular flexibility index (Phi) is 9.80. The fraction of sp³-hybridized carbons (Fsp3) is 0.486. The highest BCUT2D eigenvalue weighted by Crippen LogP contribution is 2.47. The average Bonchev–Trinajstić information content (AvgIpc) is 3.27. The van der Waals surface area contributed by atoms with Crippen molar-refractivity contribution in [1.82, 2.24) is 4.90 Å². The number of likely N-dealkylation sites (tertiary alicyclic amines) is 1. The van der Waals surface area contributed by atoms with Crippen molar-refractivity contribution in [2.24, 2.45) is 17.8 Å². The van der Waals surface area contributed by atoms with E-state index in [1.165, 1.54) is 4.90 Å². The number of fused-ring (bicyclic) bond motifs is 1. The molecule has 2 amide bonds. The number of benzene rings is 2. The monoisotopic (exact) mass is 573 g/mol. The molecule has 1 saturated heterocycles. The molecule has 2 fully saturated rings. The fourth-order valence-corrected chi connectivity index (χ4v) is 7.16. The van der Waals surface area contributed by atoms with Gasteiger partial charge in [0.1, 0.15) is 18.1 Å². The first-order valence-corrected chi connectivity index (χ1v) is 15.5. The summed E-state index contributed by atoms with van der Waals surface area (Å²) in [6, 6.07) is 16.5. The number of allylic oxidation sites excluding steroid dienone is 1. The van der Waals surface area contributed by atoms with Crippen LogP contribution in [0.4, 0.5) is 0 Å². The number of hydrogen-bond donors (Lipinski definition) is 3. The number of phenolic OH excluding ortho intramolecular Hbond substituents is 1. The molecule has 1 heterocycles. The van der Waals surface area contributed by atoms with Crippen molar-refractivity contribution in [1.29, 1.82) is 0 Å². The number of imide groups is 1. The molecular weight excluding hydrogens is 530 g/mol. The lowest BCUT2D eigenvalue weighted by Crippen LogP contribution is -2.42. The third-order valence-electron chi connectivity index (χ3n) is 9.36. The normalized spacial score (nSPS) is 24.2. The summed E-state index contributed by atoms with van der Waals surface area (Å²) in [5.41, 5.74) is 3.23. The molecule has 0 spiro atoms. The second-order valence-corrected chi connectivity index (χ2v) is 11.9. The Morgan fingerprint density at radius 3 is 2.43 bits per heavy atom. The lowest BCUT2D eigenvalue weighted by molar-refractivity contribution is -0.143. The zero-order chi connectivity index (χ0) is 29.6. The van der Waals surface area contributed by atoms with E-state index in [4.69, 9.17) is 4.74 Å². The fourth-order valence-electron chi connectivity index (χ4n) is 7.16. The van der Waals surface area contributed by atoms with E-state index >= 15 is 0 Å². The molecular formula is C35H43NO6. The summed E-state index contributed by atoms with van der Waals surface area (Å²) in [6.07, 6.45) is 7.89. The molecule has 42 heavy (non-hydrogen) atoms. The average molecular weight is 574 g/mol. The highest BCUT2D eigenvalue weighted by Gasteiger charge is 2.56. The third kappa shape index (κ3) is 6.32.